The van der Waals surface area contributed by atoms with Crippen LogP contribution in [0.2, 0.25) is 0 Å². The van der Waals surface area contributed by atoms with E-state index >= 15 is 0 Å². The van der Waals surface area contributed by atoms with Gasteiger partial charge < -0.3 is 0 Å². The molecular weight excluding hydrogens is 332 g/mol. The highest BCUT2D eigenvalue weighted by atomic mass is 16.2. The van der Waals surface area contributed by atoms with Gasteiger partial charge in [-0.15, -0.1) is 0 Å². The Bertz CT molecular complexity index is 1160. The summed E-state index contributed by atoms with van der Waals surface area (Å²) >= 11 is 0. The number of aromatic nitrogens is 6. The molecule has 3 aromatic heterocycles. The fraction of sp³-hybridized carbons (Fsp3) is 0.444. The van der Waals surface area contributed by atoms with Gasteiger partial charge in [0.25, 0.3) is 5.56 Å². The van der Waals surface area contributed by atoms with Crippen molar-refractivity contribution in [2.24, 2.45) is 7.05 Å². The molecule has 3 rings (SSSR count). The lowest BCUT2D eigenvalue weighted by atomic mass is 10.2. The van der Waals surface area contributed by atoms with Crippen LogP contribution in [0.25, 0.3) is 17.1 Å². The number of imidazole rings is 1. The Hall–Kier alpha value is -2.90. The fourth-order valence-corrected chi connectivity index (χ4v) is 3.14. The summed E-state index contributed by atoms with van der Waals surface area (Å²) in [6.07, 6.45) is 0. The minimum Gasteiger partial charge on any atom is -0.298 e. The molecule has 0 atom stereocenters. The van der Waals surface area contributed by atoms with E-state index in [2.05, 4.69) is 16.7 Å². The topological polar surface area (TPSA) is 79.6 Å². The number of fused-ring (bicyclic) bond motifs is 1. The molecule has 0 N–H and O–H groups in total. The highest BCUT2D eigenvalue weighted by Crippen LogP contribution is 2.20. The number of hydrogen-bond acceptors (Lipinski definition) is 4. The summed E-state index contributed by atoms with van der Waals surface area (Å²) in [6, 6.07) is 0. The summed E-state index contributed by atoms with van der Waals surface area (Å²) in [5.74, 6) is 0.512. The molecule has 0 aliphatic carbocycles. The third-order valence-electron chi connectivity index (χ3n) is 4.80. The van der Waals surface area contributed by atoms with Crippen LogP contribution in [0.1, 0.15) is 30.8 Å². The van der Waals surface area contributed by atoms with E-state index in [-0.39, 0.29) is 11.2 Å². The van der Waals surface area contributed by atoms with Crippen molar-refractivity contribution in [3.63, 3.8) is 0 Å². The third-order valence-corrected chi connectivity index (χ3v) is 4.80. The lowest BCUT2D eigenvalue weighted by Gasteiger charge is -2.10. The van der Waals surface area contributed by atoms with Crippen LogP contribution in [0.5, 0.6) is 0 Å². The minimum absolute atomic E-state index is 0.300. The molecule has 138 valence electrons. The van der Waals surface area contributed by atoms with E-state index in [1.807, 2.05) is 27.7 Å². The van der Waals surface area contributed by atoms with Crippen LogP contribution in [-0.2, 0) is 20.1 Å². The van der Waals surface area contributed by atoms with Crippen LogP contribution in [0.3, 0.4) is 0 Å². The van der Waals surface area contributed by atoms with Crippen molar-refractivity contribution in [2.45, 2.75) is 47.7 Å². The Kier molecular flexibility index (Phi) is 4.21. The van der Waals surface area contributed by atoms with Gasteiger partial charge in [0.05, 0.1) is 5.69 Å². The monoisotopic (exact) mass is 356 g/mol. The first kappa shape index (κ1) is 17.9. The van der Waals surface area contributed by atoms with Crippen LogP contribution in [0.4, 0.5) is 0 Å². The Morgan fingerprint density at radius 1 is 1.15 bits per heavy atom. The standard InChI is InChI=1S/C18H24N6O2/c1-8-22-16(25)14-15(21(7)18(22)26)19-17(23(14)9-10(2)3)24-13(6)11(4)12(5)20-24/h2,8-9H2,1,3-7H3. The predicted octanol–water partition coefficient (Wildman–Crippen LogP) is 1.60. The number of allylic oxidation sites excluding steroid dienone is 1. The SMILES string of the molecule is C=C(C)Cn1c(-n2nc(C)c(C)c2C)nc2c1c(=O)n(CC)c(=O)n2C. The second-order valence-corrected chi connectivity index (χ2v) is 6.73. The van der Waals surface area contributed by atoms with Crippen molar-refractivity contribution in [1.82, 2.24) is 28.5 Å². The van der Waals surface area contributed by atoms with Crippen LogP contribution in [0.15, 0.2) is 21.7 Å². The maximum atomic E-state index is 13.0. The Morgan fingerprint density at radius 2 is 1.81 bits per heavy atom. The number of hydrogen-bond donors (Lipinski definition) is 0. The van der Waals surface area contributed by atoms with Gasteiger partial charge in [0.2, 0.25) is 5.95 Å². The molecule has 8 heteroatoms. The average Bonchev–Trinajstić information content (AvgIpc) is 3.06. The van der Waals surface area contributed by atoms with Crippen LogP contribution >= 0.6 is 0 Å². The molecule has 0 amide bonds. The molecule has 0 fully saturated rings. The lowest BCUT2D eigenvalue weighted by Crippen LogP contribution is -2.39. The Labute approximate surface area is 151 Å². The normalized spacial score (nSPS) is 11.5. The van der Waals surface area contributed by atoms with Crippen molar-refractivity contribution >= 4 is 11.2 Å². The van der Waals surface area contributed by atoms with Crippen molar-refractivity contribution in [3.05, 3.63) is 49.9 Å². The van der Waals surface area contributed by atoms with E-state index in [1.165, 1.54) is 9.13 Å². The summed E-state index contributed by atoms with van der Waals surface area (Å²) in [5, 5.41) is 4.57. The van der Waals surface area contributed by atoms with Gasteiger partial charge in [0.1, 0.15) is 0 Å². The molecule has 0 saturated heterocycles. The van der Waals surface area contributed by atoms with Crippen LogP contribution < -0.4 is 11.2 Å². The maximum absolute atomic E-state index is 13.0. The van der Waals surface area contributed by atoms with Gasteiger partial charge in [-0.2, -0.15) is 10.1 Å². The van der Waals surface area contributed by atoms with Crippen LogP contribution in [0, 0.1) is 20.8 Å². The molecule has 0 aliphatic rings. The molecule has 0 aliphatic heterocycles. The maximum Gasteiger partial charge on any atom is 0.332 e. The number of rotatable bonds is 4. The Morgan fingerprint density at radius 3 is 2.31 bits per heavy atom. The smallest absolute Gasteiger partial charge is 0.298 e. The summed E-state index contributed by atoms with van der Waals surface area (Å²) in [7, 11) is 1.63. The molecule has 8 nitrogen and oxygen atoms in total. The largest absolute Gasteiger partial charge is 0.332 e. The fourth-order valence-electron chi connectivity index (χ4n) is 3.14. The summed E-state index contributed by atoms with van der Waals surface area (Å²) in [4.78, 5) is 30.1. The third kappa shape index (κ3) is 2.44. The molecule has 0 bridgehead atoms. The summed E-state index contributed by atoms with van der Waals surface area (Å²) in [6.45, 7) is 14.3. The predicted molar refractivity (Wildman–Crippen MR) is 101 cm³/mol. The van der Waals surface area contributed by atoms with E-state index in [9.17, 15) is 9.59 Å². The second-order valence-electron chi connectivity index (χ2n) is 6.73. The molecule has 0 spiro atoms. The highest BCUT2D eigenvalue weighted by molar-refractivity contribution is 5.73. The second kappa shape index (κ2) is 6.12. The molecule has 26 heavy (non-hydrogen) atoms. The van der Waals surface area contributed by atoms with Gasteiger partial charge in [-0.05, 0) is 40.2 Å². The van der Waals surface area contributed by atoms with Crippen molar-refractivity contribution < 1.29 is 0 Å². The van der Waals surface area contributed by atoms with Crippen LogP contribution in [-0.4, -0.2) is 28.5 Å². The molecule has 0 radical (unpaired) electrons. The van der Waals surface area contributed by atoms with Gasteiger partial charge in [-0.25, -0.2) is 9.48 Å². The average molecular weight is 356 g/mol. The first-order valence-corrected chi connectivity index (χ1v) is 8.56. The summed E-state index contributed by atoms with van der Waals surface area (Å²) in [5.41, 5.74) is 3.81. The van der Waals surface area contributed by atoms with Gasteiger partial charge in [0.15, 0.2) is 11.2 Å². The number of nitrogens with zero attached hydrogens (tertiary/aromatic N) is 6. The van der Waals surface area contributed by atoms with Gasteiger partial charge in [-0.1, -0.05) is 12.2 Å². The van der Waals surface area contributed by atoms with E-state index in [0.717, 1.165) is 22.5 Å². The van der Waals surface area contributed by atoms with Gasteiger partial charge in [-0.3, -0.25) is 18.5 Å². The highest BCUT2D eigenvalue weighted by Gasteiger charge is 2.22. The van der Waals surface area contributed by atoms with E-state index in [1.54, 1.807) is 23.2 Å². The van der Waals surface area contributed by atoms with Gasteiger partial charge >= 0.3 is 5.69 Å². The molecule has 3 heterocycles. The summed E-state index contributed by atoms with van der Waals surface area (Å²) < 4.78 is 6.16. The van der Waals surface area contributed by atoms with Crippen molar-refractivity contribution in [1.29, 1.82) is 0 Å². The molecule has 0 unspecified atom stereocenters. The molecule has 3 aromatic rings. The minimum atomic E-state index is -0.374. The zero-order valence-electron chi connectivity index (χ0n) is 16.1. The lowest BCUT2D eigenvalue weighted by molar-refractivity contribution is 0.633. The first-order chi connectivity index (χ1) is 12.2. The zero-order valence-corrected chi connectivity index (χ0v) is 16.1. The first-order valence-electron chi connectivity index (χ1n) is 8.56. The molecule has 0 saturated carbocycles. The van der Waals surface area contributed by atoms with Gasteiger partial charge in [0, 0.05) is 25.8 Å². The van der Waals surface area contributed by atoms with Crippen molar-refractivity contribution in [3.8, 4) is 5.95 Å². The Balaban J connectivity index is 2.51. The van der Waals surface area contributed by atoms with Crippen molar-refractivity contribution in [2.75, 3.05) is 0 Å². The molecule has 0 aromatic carbocycles. The zero-order chi connectivity index (χ0) is 19.3. The molecular formula is C18H24N6O2. The van der Waals surface area contributed by atoms with E-state index in [4.69, 9.17) is 0 Å². The number of aryl methyl sites for hydroxylation is 2. The van der Waals surface area contributed by atoms with E-state index in [0.29, 0.717) is 30.2 Å². The van der Waals surface area contributed by atoms with E-state index < -0.39 is 0 Å². The quantitative estimate of drug-likeness (QED) is 0.665.